The van der Waals surface area contributed by atoms with Gasteiger partial charge >= 0.3 is 0 Å². The van der Waals surface area contributed by atoms with Crippen molar-refractivity contribution in [1.29, 1.82) is 0 Å². The number of halogens is 1. The molecule has 3 rings (SSSR count). The molecule has 108 valence electrons. The Balaban J connectivity index is 1.76. The highest BCUT2D eigenvalue weighted by Gasteiger charge is 2.05. The third-order valence-corrected chi connectivity index (χ3v) is 3.45. The molecule has 0 spiro atoms. The number of allylic oxidation sites excluding steroid dienone is 1. The van der Waals surface area contributed by atoms with Crippen LogP contribution >= 0.6 is 11.6 Å². The summed E-state index contributed by atoms with van der Waals surface area (Å²) < 4.78 is 1.47. The number of hydrogen-bond acceptors (Lipinski definition) is 2. The molecule has 0 aliphatic heterocycles. The first-order valence-corrected chi connectivity index (χ1v) is 7.17. The first-order valence-electron chi connectivity index (χ1n) is 6.80. The van der Waals surface area contributed by atoms with Gasteiger partial charge in [-0.25, -0.2) is 4.98 Å². The van der Waals surface area contributed by atoms with Crippen LogP contribution in [-0.2, 0) is 0 Å². The number of hydrogen-bond donors (Lipinski definition) is 0. The van der Waals surface area contributed by atoms with Crippen LogP contribution in [-0.4, -0.2) is 15.5 Å². The summed E-state index contributed by atoms with van der Waals surface area (Å²) in [6.07, 6.45) is 6.52. The van der Waals surface area contributed by atoms with Gasteiger partial charge < -0.3 is 0 Å². The van der Waals surface area contributed by atoms with Crippen LogP contribution in [0.3, 0.4) is 0 Å². The van der Waals surface area contributed by atoms with Crippen LogP contribution in [0.4, 0.5) is 0 Å². The average Bonchev–Trinajstić information content (AvgIpc) is 3.05. The van der Waals surface area contributed by atoms with E-state index in [1.54, 1.807) is 24.4 Å². The summed E-state index contributed by atoms with van der Waals surface area (Å²) in [7, 11) is 0. The molecule has 0 fully saturated rings. The molecular formula is C18H13ClN2O. The Morgan fingerprint density at radius 3 is 2.50 bits per heavy atom. The molecule has 0 amide bonds. The average molecular weight is 309 g/mol. The molecule has 0 unspecified atom stereocenters. The van der Waals surface area contributed by atoms with Gasteiger partial charge in [0.2, 0.25) is 0 Å². The van der Waals surface area contributed by atoms with Gasteiger partial charge in [0.1, 0.15) is 6.33 Å². The van der Waals surface area contributed by atoms with Gasteiger partial charge in [-0.1, -0.05) is 54.1 Å². The van der Waals surface area contributed by atoms with Crippen LogP contribution in [0.1, 0.15) is 10.4 Å². The number of nitrogens with zero attached hydrogens (tertiary/aromatic N) is 2. The predicted molar refractivity (Wildman–Crippen MR) is 88.8 cm³/mol. The molecule has 0 N–H and O–H groups in total. The summed E-state index contributed by atoms with van der Waals surface area (Å²) in [4.78, 5) is 16.4. The van der Waals surface area contributed by atoms with Crippen molar-refractivity contribution in [2.24, 2.45) is 0 Å². The summed E-state index contributed by atoms with van der Waals surface area (Å²) in [6, 6.07) is 17.0. The molecule has 0 saturated heterocycles. The van der Waals surface area contributed by atoms with Crippen LogP contribution in [0.25, 0.3) is 17.3 Å². The maximum atomic E-state index is 12.1. The lowest BCUT2D eigenvalue weighted by molar-refractivity contribution is 0.0969. The Bertz CT molecular complexity index is 805. The molecule has 0 atom stereocenters. The highest BCUT2D eigenvalue weighted by molar-refractivity contribution is 6.30. The number of rotatable bonds is 3. The van der Waals surface area contributed by atoms with Crippen molar-refractivity contribution in [3.63, 3.8) is 0 Å². The molecular weight excluding hydrogens is 296 g/mol. The van der Waals surface area contributed by atoms with E-state index in [1.807, 2.05) is 42.5 Å². The fourth-order valence-corrected chi connectivity index (χ4v) is 2.15. The molecule has 0 radical (unpaired) electrons. The van der Waals surface area contributed by atoms with E-state index in [2.05, 4.69) is 4.98 Å². The largest absolute Gasteiger partial charge is 0.272 e. The van der Waals surface area contributed by atoms with Gasteiger partial charge in [0.05, 0.1) is 5.69 Å². The highest BCUT2D eigenvalue weighted by atomic mass is 35.5. The van der Waals surface area contributed by atoms with Crippen molar-refractivity contribution in [2.75, 3.05) is 0 Å². The second kappa shape index (κ2) is 6.41. The zero-order valence-corrected chi connectivity index (χ0v) is 12.4. The Morgan fingerprint density at radius 1 is 1.05 bits per heavy atom. The lowest BCUT2D eigenvalue weighted by Crippen LogP contribution is -2.03. The molecule has 0 aliphatic rings. The minimum absolute atomic E-state index is 0.148. The summed E-state index contributed by atoms with van der Waals surface area (Å²) in [5.74, 6) is -0.148. The van der Waals surface area contributed by atoms with Crippen LogP contribution in [0.2, 0.25) is 5.02 Å². The minimum Gasteiger partial charge on any atom is -0.272 e. The maximum Gasteiger partial charge on any atom is 0.255 e. The SMILES string of the molecule is O=C(/C=C/c1ccc(Cl)cc1)n1cnc(-c2ccccc2)c1. The van der Waals surface area contributed by atoms with Crippen molar-refractivity contribution in [1.82, 2.24) is 9.55 Å². The van der Waals surface area contributed by atoms with E-state index in [-0.39, 0.29) is 5.91 Å². The number of carbonyl (C=O) groups excluding carboxylic acids is 1. The summed E-state index contributed by atoms with van der Waals surface area (Å²) in [5.41, 5.74) is 2.67. The van der Waals surface area contributed by atoms with E-state index in [1.165, 1.54) is 17.0 Å². The molecule has 0 saturated carbocycles. The van der Waals surface area contributed by atoms with Crippen LogP contribution in [0.5, 0.6) is 0 Å². The molecule has 3 nitrogen and oxygen atoms in total. The lowest BCUT2D eigenvalue weighted by Gasteiger charge is -1.96. The van der Waals surface area contributed by atoms with Gasteiger partial charge in [-0.15, -0.1) is 0 Å². The van der Waals surface area contributed by atoms with Crippen molar-refractivity contribution in [2.45, 2.75) is 0 Å². The molecule has 22 heavy (non-hydrogen) atoms. The zero-order valence-electron chi connectivity index (χ0n) is 11.7. The quantitative estimate of drug-likeness (QED) is 0.665. The van der Waals surface area contributed by atoms with E-state index in [0.29, 0.717) is 5.02 Å². The van der Waals surface area contributed by atoms with Gasteiger partial charge in [-0.2, -0.15) is 0 Å². The number of aromatic nitrogens is 2. The molecule has 4 heteroatoms. The second-order valence-corrected chi connectivity index (χ2v) is 5.19. The van der Waals surface area contributed by atoms with Gasteiger partial charge in [0.15, 0.2) is 0 Å². The Labute approximate surface area is 133 Å². The molecule has 2 aromatic carbocycles. The number of imidazole rings is 1. The smallest absolute Gasteiger partial charge is 0.255 e. The van der Waals surface area contributed by atoms with Crippen LogP contribution in [0.15, 0.2) is 73.2 Å². The summed E-state index contributed by atoms with van der Waals surface area (Å²) >= 11 is 5.83. The van der Waals surface area contributed by atoms with Crippen LogP contribution in [0, 0.1) is 0 Å². The fourth-order valence-electron chi connectivity index (χ4n) is 2.03. The fraction of sp³-hybridized carbons (Fsp3) is 0. The van der Waals surface area contributed by atoms with E-state index in [0.717, 1.165) is 16.8 Å². The van der Waals surface area contributed by atoms with Crippen molar-refractivity contribution in [3.8, 4) is 11.3 Å². The Morgan fingerprint density at radius 2 is 1.77 bits per heavy atom. The normalized spacial score (nSPS) is 11.0. The van der Waals surface area contributed by atoms with E-state index < -0.39 is 0 Å². The van der Waals surface area contributed by atoms with Gasteiger partial charge in [0.25, 0.3) is 5.91 Å². The molecule has 1 aromatic heterocycles. The maximum absolute atomic E-state index is 12.1. The van der Waals surface area contributed by atoms with E-state index in [9.17, 15) is 4.79 Å². The number of benzene rings is 2. The third kappa shape index (κ3) is 3.32. The predicted octanol–water partition coefficient (Wildman–Crippen LogP) is 4.56. The Hall–Kier alpha value is -2.65. The van der Waals surface area contributed by atoms with E-state index in [4.69, 9.17) is 11.6 Å². The first-order chi connectivity index (χ1) is 10.7. The summed E-state index contributed by atoms with van der Waals surface area (Å²) in [6.45, 7) is 0. The van der Waals surface area contributed by atoms with Crippen molar-refractivity contribution < 1.29 is 4.79 Å². The standard InChI is InChI=1S/C18H13ClN2O/c19-16-9-6-14(7-10-16)8-11-18(22)21-12-17(20-13-21)15-4-2-1-3-5-15/h1-13H/b11-8+. The number of carbonyl (C=O) groups is 1. The molecule has 1 heterocycles. The zero-order chi connectivity index (χ0) is 15.4. The second-order valence-electron chi connectivity index (χ2n) is 4.76. The molecule has 3 aromatic rings. The van der Waals surface area contributed by atoms with Crippen molar-refractivity contribution in [3.05, 3.63) is 83.8 Å². The van der Waals surface area contributed by atoms with Crippen molar-refractivity contribution >= 4 is 23.6 Å². The van der Waals surface area contributed by atoms with Gasteiger partial charge in [-0.3, -0.25) is 9.36 Å². The molecule has 0 aliphatic carbocycles. The minimum atomic E-state index is -0.148. The monoisotopic (exact) mass is 308 g/mol. The lowest BCUT2D eigenvalue weighted by atomic mass is 10.2. The summed E-state index contributed by atoms with van der Waals surface area (Å²) in [5, 5.41) is 0.672. The third-order valence-electron chi connectivity index (χ3n) is 3.19. The van der Waals surface area contributed by atoms with Gasteiger partial charge in [-0.05, 0) is 23.8 Å². The topological polar surface area (TPSA) is 34.9 Å². The first kappa shape index (κ1) is 14.3. The van der Waals surface area contributed by atoms with Gasteiger partial charge in [0, 0.05) is 22.9 Å². The van der Waals surface area contributed by atoms with Crippen LogP contribution < -0.4 is 0 Å². The molecule has 0 bridgehead atoms. The van der Waals surface area contributed by atoms with E-state index >= 15 is 0 Å². The highest BCUT2D eigenvalue weighted by Crippen LogP contribution is 2.16. The Kier molecular flexibility index (Phi) is 4.17.